The molecule has 110 valence electrons. The van der Waals surface area contributed by atoms with Crippen molar-refractivity contribution < 1.29 is 18.9 Å². The zero-order valence-corrected chi connectivity index (χ0v) is 11.8. The number of hydrogen-bond acceptors (Lipinski definition) is 2. The molecule has 0 saturated carbocycles. The summed E-state index contributed by atoms with van der Waals surface area (Å²) in [7, 11) is 1.77. The number of anilines is 1. The van der Waals surface area contributed by atoms with E-state index in [0.717, 1.165) is 11.3 Å². The van der Waals surface area contributed by atoms with Gasteiger partial charge < -0.3 is 15.5 Å². The van der Waals surface area contributed by atoms with Crippen molar-refractivity contribution >= 4 is 17.5 Å². The molecular weight excluding hydrogens is 261 g/mol. The average Bonchev–Trinajstić information content (AvgIpc) is 2.38. The lowest BCUT2D eigenvalue weighted by Crippen LogP contribution is -3.11. The predicted octanol–water partition coefficient (Wildman–Crippen LogP) is -0.195. The van der Waals surface area contributed by atoms with Crippen LogP contribution in [0.4, 0.5) is 10.1 Å². The van der Waals surface area contributed by atoms with Gasteiger partial charge in [-0.25, -0.2) is 4.39 Å². The molecule has 6 heteroatoms. The van der Waals surface area contributed by atoms with Crippen LogP contribution in [-0.4, -0.2) is 38.5 Å². The third-order valence-electron chi connectivity index (χ3n) is 2.62. The number of amides is 2. The molecular formula is C14H21FN3O2+. The fraction of sp³-hybridized carbons (Fsp3) is 0.429. The molecule has 0 spiro atoms. The quantitative estimate of drug-likeness (QED) is 0.649. The van der Waals surface area contributed by atoms with E-state index in [9.17, 15) is 14.0 Å². The summed E-state index contributed by atoms with van der Waals surface area (Å²) in [6, 6.07) is 5.56. The highest BCUT2D eigenvalue weighted by molar-refractivity contribution is 5.91. The van der Waals surface area contributed by atoms with Crippen molar-refractivity contribution in [2.75, 3.05) is 32.0 Å². The van der Waals surface area contributed by atoms with E-state index in [0.29, 0.717) is 12.2 Å². The number of likely N-dealkylation sites (N-methyl/N-ethyl adjacent to an activating group) is 1. The number of halogens is 1. The highest BCUT2D eigenvalue weighted by atomic mass is 19.1. The smallest absolute Gasteiger partial charge is 0.279 e. The maximum Gasteiger partial charge on any atom is 0.279 e. The summed E-state index contributed by atoms with van der Waals surface area (Å²) in [6.07, 6.45) is 0.885. The predicted molar refractivity (Wildman–Crippen MR) is 75.0 cm³/mol. The van der Waals surface area contributed by atoms with E-state index in [-0.39, 0.29) is 30.7 Å². The molecule has 0 radical (unpaired) electrons. The molecule has 0 aliphatic rings. The maximum atomic E-state index is 12.7. The van der Waals surface area contributed by atoms with Crippen LogP contribution in [0.2, 0.25) is 0 Å². The summed E-state index contributed by atoms with van der Waals surface area (Å²) in [5.74, 6) is -0.630. The molecule has 1 unspecified atom stereocenters. The molecule has 1 aromatic rings. The molecule has 0 aliphatic heterocycles. The van der Waals surface area contributed by atoms with Crippen LogP contribution >= 0.6 is 0 Å². The van der Waals surface area contributed by atoms with E-state index < -0.39 is 0 Å². The van der Waals surface area contributed by atoms with Crippen molar-refractivity contribution in [3.05, 3.63) is 30.1 Å². The lowest BCUT2D eigenvalue weighted by molar-refractivity contribution is -0.862. The summed E-state index contributed by atoms with van der Waals surface area (Å²) in [6.45, 7) is 3.05. The minimum atomic E-state index is -0.349. The van der Waals surface area contributed by atoms with Gasteiger partial charge in [-0.3, -0.25) is 9.59 Å². The van der Waals surface area contributed by atoms with Gasteiger partial charge in [0.2, 0.25) is 0 Å². The van der Waals surface area contributed by atoms with Gasteiger partial charge in [0.25, 0.3) is 11.8 Å². The van der Waals surface area contributed by atoms with Gasteiger partial charge in [0.1, 0.15) is 5.82 Å². The molecule has 1 aromatic carbocycles. The third kappa shape index (κ3) is 6.29. The second kappa shape index (κ2) is 8.27. The molecule has 0 aliphatic carbocycles. The molecule has 20 heavy (non-hydrogen) atoms. The van der Waals surface area contributed by atoms with Crippen molar-refractivity contribution in [3.8, 4) is 0 Å². The van der Waals surface area contributed by atoms with Crippen LogP contribution in [0, 0.1) is 5.82 Å². The molecule has 3 N–H and O–H groups in total. The van der Waals surface area contributed by atoms with Gasteiger partial charge in [-0.15, -0.1) is 0 Å². The Labute approximate surface area is 118 Å². The number of carbonyl (C=O) groups excluding carboxylic acids is 2. The standard InChI is InChI=1S/C14H20FN3O2/c1-3-8-16-13(19)9-18(2)10-14(20)17-12-6-4-11(15)5-7-12/h4-7H,3,8-10H2,1-2H3,(H,16,19)(H,17,20)/p+1. The Morgan fingerprint density at radius 3 is 2.35 bits per heavy atom. The molecule has 1 rings (SSSR count). The van der Waals surface area contributed by atoms with E-state index in [2.05, 4.69) is 10.6 Å². The number of nitrogens with one attached hydrogen (secondary N) is 3. The van der Waals surface area contributed by atoms with E-state index in [1.807, 2.05) is 6.92 Å². The van der Waals surface area contributed by atoms with Crippen LogP contribution in [-0.2, 0) is 9.59 Å². The van der Waals surface area contributed by atoms with Crippen LogP contribution in [0.3, 0.4) is 0 Å². The van der Waals surface area contributed by atoms with Crippen molar-refractivity contribution in [1.82, 2.24) is 5.32 Å². The molecule has 0 fully saturated rings. The summed E-state index contributed by atoms with van der Waals surface area (Å²) in [4.78, 5) is 24.0. The summed E-state index contributed by atoms with van der Waals surface area (Å²) >= 11 is 0. The Morgan fingerprint density at radius 1 is 1.15 bits per heavy atom. The lowest BCUT2D eigenvalue weighted by atomic mass is 10.3. The van der Waals surface area contributed by atoms with E-state index >= 15 is 0 Å². The van der Waals surface area contributed by atoms with Crippen molar-refractivity contribution in [3.63, 3.8) is 0 Å². The number of quaternary nitrogens is 1. The first-order chi connectivity index (χ1) is 9.51. The monoisotopic (exact) mass is 282 g/mol. The molecule has 0 bridgehead atoms. The molecule has 5 nitrogen and oxygen atoms in total. The number of carbonyl (C=O) groups is 2. The maximum absolute atomic E-state index is 12.7. The number of rotatable bonds is 7. The van der Waals surface area contributed by atoms with Crippen LogP contribution < -0.4 is 15.5 Å². The van der Waals surface area contributed by atoms with Crippen molar-refractivity contribution in [2.45, 2.75) is 13.3 Å². The van der Waals surface area contributed by atoms with Gasteiger partial charge in [-0.05, 0) is 30.7 Å². The van der Waals surface area contributed by atoms with Gasteiger partial charge in [0, 0.05) is 12.2 Å². The van der Waals surface area contributed by atoms with Crippen LogP contribution in [0.5, 0.6) is 0 Å². The van der Waals surface area contributed by atoms with Gasteiger partial charge in [0.15, 0.2) is 13.1 Å². The normalized spacial score (nSPS) is 11.8. The Bertz CT molecular complexity index is 448. The fourth-order valence-electron chi connectivity index (χ4n) is 1.68. The van der Waals surface area contributed by atoms with Crippen LogP contribution in [0.15, 0.2) is 24.3 Å². The van der Waals surface area contributed by atoms with Crippen molar-refractivity contribution in [1.29, 1.82) is 0 Å². The van der Waals surface area contributed by atoms with Gasteiger partial charge in [-0.1, -0.05) is 6.92 Å². The highest BCUT2D eigenvalue weighted by Crippen LogP contribution is 2.07. The van der Waals surface area contributed by atoms with E-state index in [4.69, 9.17) is 0 Å². The van der Waals surface area contributed by atoms with Crippen LogP contribution in [0.1, 0.15) is 13.3 Å². The largest absolute Gasteiger partial charge is 0.351 e. The second-order valence-corrected chi connectivity index (χ2v) is 4.72. The van der Waals surface area contributed by atoms with E-state index in [1.165, 1.54) is 24.3 Å². The molecule has 0 aromatic heterocycles. The topological polar surface area (TPSA) is 62.6 Å². The third-order valence-corrected chi connectivity index (χ3v) is 2.62. The summed E-state index contributed by atoms with van der Waals surface area (Å²) in [5.41, 5.74) is 0.541. The minimum Gasteiger partial charge on any atom is -0.351 e. The van der Waals surface area contributed by atoms with E-state index in [1.54, 1.807) is 7.05 Å². The SMILES string of the molecule is CCCNC(=O)C[NH+](C)CC(=O)Nc1ccc(F)cc1. The Kier molecular flexibility index (Phi) is 6.66. The fourth-order valence-corrected chi connectivity index (χ4v) is 1.68. The zero-order valence-electron chi connectivity index (χ0n) is 11.8. The Hall–Kier alpha value is -1.95. The van der Waals surface area contributed by atoms with Crippen molar-refractivity contribution in [2.24, 2.45) is 0 Å². The first kappa shape index (κ1) is 16.1. The first-order valence-electron chi connectivity index (χ1n) is 6.64. The van der Waals surface area contributed by atoms with Gasteiger partial charge >= 0.3 is 0 Å². The minimum absolute atomic E-state index is 0.0704. The molecule has 1 atom stereocenters. The second-order valence-electron chi connectivity index (χ2n) is 4.72. The van der Waals surface area contributed by atoms with Gasteiger partial charge in [0.05, 0.1) is 7.05 Å². The number of benzene rings is 1. The first-order valence-corrected chi connectivity index (χ1v) is 6.64. The zero-order chi connectivity index (χ0) is 15.0. The lowest BCUT2D eigenvalue weighted by Gasteiger charge is -2.13. The average molecular weight is 282 g/mol. The summed E-state index contributed by atoms with van der Waals surface area (Å²) in [5, 5.41) is 5.42. The summed E-state index contributed by atoms with van der Waals surface area (Å²) < 4.78 is 12.7. The highest BCUT2D eigenvalue weighted by Gasteiger charge is 2.13. The molecule has 0 saturated heterocycles. The Morgan fingerprint density at radius 2 is 1.75 bits per heavy atom. The van der Waals surface area contributed by atoms with Crippen LogP contribution in [0.25, 0.3) is 0 Å². The number of hydrogen-bond donors (Lipinski definition) is 3. The molecule has 0 heterocycles. The molecule has 2 amide bonds. The Balaban J connectivity index is 2.34. The van der Waals surface area contributed by atoms with Gasteiger partial charge in [-0.2, -0.15) is 0 Å².